The van der Waals surface area contributed by atoms with Crippen LogP contribution in [0.25, 0.3) is 0 Å². The highest BCUT2D eigenvalue weighted by atomic mass is 35.5. The Morgan fingerprint density at radius 1 is 1.57 bits per heavy atom. The number of imidazole rings is 1. The zero-order valence-corrected chi connectivity index (χ0v) is 13.8. The summed E-state index contributed by atoms with van der Waals surface area (Å²) in [6.07, 6.45) is 3.23. The summed E-state index contributed by atoms with van der Waals surface area (Å²) in [5.41, 5.74) is -0.221. The highest BCUT2D eigenvalue weighted by Gasteiger charge is 2.46. The molecule has 118 valence electrons. The number of nitrogens with one attached hydrogen (secondary N) is 1. The van der Waals surface area contributed by atoms with E-state index >= 15 is 0 Å². The molecule has 1 aromatic heterocycles. The fraction of sp³-hybridized carbons (Fsp3) is 0.733. The van der Waals surface area contributed by atoms with Crippen LogP contribution in [0.5, 0.6) is 0 Å². The Balaban J connectivity index is 2.02. The molecule has 0 aliphatic heterocycles. The van der Waals surface area contributed by atoms with Gasteiger partial charge in [0.25, 0.3) is 0 Å². The average Bonchev–Trinajstić information content (AvgIpc) is 2.71. The van der Waals surface area contributed by atoms with Crippen molar-refractivity contribution in [3.8, 4) is 0 Å². The van der Waals surface area contributed by atoms with E-state index in [-0.39, 0.29) is 17.3 Å². The van der Waals surface area contributed by atoms with Crippen LogP contribution >= 0.6 is 11.6 Å². The van der Waals surface area contributed by atoms with Crippen molar-refractivity contribution >= 4 is 17.6 Å². The normalized spacial score (nSPS) is 28.5. The SMILES string of the molecule is CC1C(NCc2ncc(Cl)n2C)CCC(C(=O)O)C1(C)C. The predicted octanol–water partition coefficient (Wildman–Crippen LogP) is 2.69. The van der Waals surface area contributed by atoms with Crippen molar-refractivity contribution < 1.29 is 9.90 Å². The monoisotopic (exact) mass is 313 g/mol. The van der Waals surface area contributed by atoms with Gasteiger partial charge in [0.05, 0.1) is 18.7 Å². The lowest BCUT2D eigenvalue weighted by Gasteiger charge is -2.46. The molecule has 5 nitrogen and oxygen atoms in total. The second-order valence-electron chi connectivity index (χ2n) is 6.62. The van der Waals surface area contributed by atoms with E-state index in [0.29, 0.717) is 24.2 Å². The summed E-state index contributed by atoms with van der Waals surface area (Å²) in [6.45, 7) is 6.90. The molecule has 2 rings (SSSR count). The molecular formula is C15H24ClN3O2. The summed E-state index contributed by atoms with van der Waals surface area (Å²) in [6, 6.07) is 0.297. The van der Waals surface area contributed by atoms with Gasteiger partial charge >= 0.3 is 5.97 Å². The lowest BCUT2D eigenvalue weighted by molar-refractivity contribution is -0.150. The van der Waals surface area contributed by atoms with Crippen LogP contribution in [0.4, 0.5) is 0 Å². The number of carboxylic acids is 1. The third kappa shape index (κ3) is 3.09. The lowest BCUT2D eigenvalue weighted by Crippen LogP contribution is -2.51. The van der Waals surface area contributed by atoms with Gasteiger partial charge in [0.2, 0.25) is 0 Å². The fourth-order valence-corrected chi connectivity index (χ4v) is 3.48. The summed E-state index contributed by atoms with van der Waals surface area (Å²) in [5, 5.41) is 13.5. The van der Waals surface area contributed by atoms with Gasteiger partial charge in [-0.15, -0.1) is 0 Å². The van der Waals surface area contributed by atoms with Gasteiger partial charge in [0.15, 0.2) is 0 Å². The number of aliphatic carboxylic acids is 1. The maximum Gasteiger partial charge on any atom is 0.307 e. The van der Waals surface area contributed by atoms with Crippen molar-refractivity contribution in [2.24, 2.45) is 24.3 Å². The van der Waals surface area contributed by atoms with E-state index in [9.17, 15) is 9.90 Å². The van der Waals surface area contributed by atoms with Gasteiger partial charge in [-0.3, -0.25) is 4.79 Å². The molecule has 0 spiro atoms. The predicted molar refractivity (Wildman–Crippen MR) is 82.2 cm³/mol. The molecule has 2 N–H and O–H groups in total. The standard InChI is InChI=1S/C15H24ClN3O2/c1-9-11(6-5-10(14(20)21)15(9,2)3)17-8-13-18-7-12(16)19(13)4/h7,9-11,17H,5-6,8H2,1-4H3,(H,20,21). The van der Waals surface area contributed by atoms with Crippen LogP contribution in [0.1, 0.15) is 39.4 Å². The zero-order valence-electron chi connectivity index (χ0n) is 13.1. The molecule has 6 heteroatoms. The summed E-state index contributed by atoms with van der Waals surface area (Å²) in [5.74, 6) is 0.225. The molecule has 1 aliphatic rings. The van der Waals surface area contributed by atoms with E-state index < -0.39 is 5.97 Å². The Labute approximate surface area is 130 Å². The minimum atomic E-state index is -0.679. The first kappa shape index (κ1) is 16.3. The van der Waals surface area contributed by atoms with E-state index in [1.807, 2.05) is 11.6 Å². The first-order valence-electron chi connectivity index (χ1n) is 7.37. The van der Waals surface area contributed by atoms with Gasteiger partial charge in [-0.25, -0.2) is 4.98 Å². The van der Waals surface area contributed by atoms with Gasteiger partial charge in [-0.2, -0.15) is 0 Å². The third-order valence-electron chi connectivity index (χ3n) is 5.29. The van der Waals surface area contributed by atoms with E-state index in [4.69, 9.17) is 11.6 Å². The molecule has 21 heavy (non-hydrogen) atoms. The number of carbonyl (C=O) groups is 1. The molecule has 3 unspecified atom stereocenters. The number of halogens is 1. The van der Waals surface area contributed by atoms with Gasteiger partial charge in [0.1, 0.15) is 11.0 Å². The maximum atomic E-state index is 11.4. The lowest BCUT2D eigenvalue weighted by atomic mass is 9.61. The molecule has 0 radical (unpaired) electrons. The van der Waals surface area contributed by atoms with Crippen molar-refractivity contribution in [2.45, 2.75) is 46.2 Å². The number of hydrogen-bond acceptors (Lipinski definition) is 3. The molecule has 1 aliphatic carbocycles. The first-order valence-corrected chi connectivity index (χ1v) is 7.75. The second kappa shape index (κ2) is 5.97. The van der Waals surface area contributed by atoms with Crippen LogP contribution in [0, 0.1) is 17.3 Å². The molecule has 3 atom stereocenters. The van der Waals surface area contributed by atoms with Crippen LogP contribution in [0.15, 0.2) is 6.20 Å². The summed E-state index contributed by atoms with van der Waals surface area (Å²) in [7, 11) is 1.89. The minimum absolute atomic E-state index is 0.221. The van der Waals surface area contributed by atoms with E-state index in [1.165, 1.54) is 0 Å². The largest absolute Gasteiger partial charge is 0.481 e. The molecule has 0 aromatic carbocycles. The van der Waals surface area contributed by atoms with Crippen LogP contribution in [-0.2, 0) is 18.4 Å². The number of rotatable bonds is 4. The Morgan fingerprint density at radius 3 is 2.76 bits per heavy atom. The van der Waals surface area contributed by atoms with Crippen LogP contribution in [0.3, 0.4) is 0 Å². The average molecular weight is 314 g/mol. The molecule has 0 saturated heterocycles. The van der Waals surface area contributed by atoms with Crippen LogP contribution < -0.4 is 5.32 Å². The van der Waals surface area contributed by atoms with Crippen LogP contribution in [-0.4, -0.2) is 26.7 Å². The molecule has 0 bridgehead atoms. The quantitative estimate of drug-likeness (QED) is 0.897. The van der Waals surface area contributed by atoms with E-state index in [1.54, 1.807) is 6.20 Å². The Bertz CT molecular complexity index is 527. The van der Waals surface area contributed by atoms with E-state index in [2.05, 4.69) is 31.1 Å². The topological polar surface area (TPSA) is 67.2 Å². The molecule has 0 amide bonds. The Hall–Kier alpha value is -1.07. The van der Waals surface area contributed by atoms with Gasteiger partial charge in [-0.1, -0.05) is 32.4 Å². The highest BCUT2D eigenvalue weighted by Crippen LogP contribution is 2.45. The van der Waals surface area contributed by atoms with Crippen molar-refractivity contribution in [2.75, 3.05) is 0 Å². The third-order valence-corrected chi connectivity index (χ3v) is 5.64. The minimum Gasteiger partial charge on any atom is -0.481 e. The zero-order chi connectivity index (χ0) is 15.8. The Morgan fingerprint density at radius 2 is 2.24 bits per heavy atom. The number of hydrogen-bond donors (Lipinski definition) is 2. The molecular weight excluding hydrogens is 290 g/mol. The van der Waals surface area contributed by atoms with E-state index in [0.717, 1.165) is 12.2 Å². The van der Waals surface area contributed by atoms with Crippen LogP contribution in [0.2, 0.25) is 5.15 Å². The Kier molecular flexibility index (Phi) is 4.63. The van der Waals surface area contributed by atoms with Crippen molar-refractivity contribution in [1.82, 2.24) is 14.9 Å². The summed E-state index contributed by atoms with van der Waals surface area (Å²) in [4.78, 5) is 15.7. The molecule has 1 heterocycles. The van der Waals surface area contributed by atoms with Gasteiger partial charge in [0, 0.05) is 13.1 Å². The van der Waals surface area contributed by atoms with Crippen molar-refractivity contribution in [1.29, 1.82) is 0 Å². The van der Waals surface area contributed by atoms with Gasteiger partial charge < -0.3 is 15.0 Å². The first-order chi connectivity index (χ1) is 9.75. The van der Waals surface area contributed by atoms with Crippen molar-refractivity contribution in [3.63, 3.8) is 0 Å². The highest BCUT2D eigenvalue weighted by molar-refractivity contribution is 6.29. The smallest absolute Gasteiger partial charge is 0.307 e. The summed E-state index contributed by atoms with van der Waals surface area (Å²) < 4.78 is 1.85. The molecule has 1 aromatic rings. The molecule has 1 fully saturated rings. The number of carboxylic acid groups (broad SMARTS) is 1. The number of aromatic nitrogens is 2. The van der Waals surface area contributed by atoms with Crippen molar-refractivity contribution in [3.05, 3.63) is 17.2 Å². The summed E-state index contributed by atoms with van der Waals surface area (Å²) >= 11 is 5.99. The molecule has 1 saturated carbocycles. The second-order valence-corrected chi connectivity index (χ2v) is 7.01. The maximum absolute atomic E-state index is 11.4. The fourth-order valence-electron chi connectivity index (χ4n) is 3.34. The number of nitrogens with zero attached hydrogens (tertiary/aromatic N) is 2. The van der Waals surface area contributed by atoms with Gasteiger partial charge in [-0.05, 0) is 24.2 Å².